The molecule has 2 heterocycles. The predicted octanol–water partition coefficient (Wildman–Crippen LogP) is 1.39. The monoisotopic (exact) mass is 356 g/mol. The molecule has 2 atom stereocenters. The van der Waals surface area contributed by atoms with Gasteiger partial charge in [-0.05, 0) is 31.4 Å². The first-order valence-corrected chi connectivity index (χ1v) is 8.47. The number of likely N-dealkylation sites (tertiary alicyclic amines) is 1. The summed E-state index contributed by atoms with van der Waals surface area (Å²) in [4.78, 5) is 52.9. The van der Waals surface area contributed by atoms with Crippen LogP contribution in [0.1, 0.15) is 40.0 Å². The Labute approximate surface area is 151 Å². The molecule has 0 bridgehead atoms. The SMILES string of the molecule is C=CC[C@@H](C(=O)N1CCC[C@H]1C(=O)OC)N1C(=O)c2ccccc2C1=O. The minimum absolute atomic E-state index is 0.120. The van der Waals surface area contributed by atoms with Crippen molar-refractivity contribution in [3.63, 3.8) is 0 Å². The van der Waals surface area contributed by atoms with E-state index in [-0.39, 0.29) is 17.5 Å². The van der Waals surface area contributed by atoms with E-state index in [2.05, 4.69) is 6.58 Å². The fraction of sp³-hybridized carbons (Fsp3) is 0.368. The molecular weight excluding hydrogens is 336 g/mol. The summed E-state index contributed by atoms with van der Waals surface area (Å²) in [5, 5.41) is 0. The van der Waals surface area contributed by atoms with Crippen LogP contribution in [-0.2, 0) is 14.3 Å². The van der Waals surface area contributed by atoms with E-state index >= 15 is 0 Å². The zero-order valence-corrected chi connectivity index (χ0v) is 14.5. The zero-order valence-electron chi connectivity index (χ0n) is 14.5. The minimum Gasteiger partial charge on any atom is -0.467 e. The normalized spacial score (nSPS) is 20.1. The zero-order chi connectivity index (χ0) is 18.8. The summed E-state index contributed by atoms with van der Waals surface area (Å²) in [5.74, 6) is -1.93. The Morgan fingerprint density at radius 2 is 1.88 bits per heavy atom. The molecule has 0 spiro atoms. The van der Waals surface area contributed by atoms with Gasteiger partial charge in [0, 0.05) is 6.54 Å². The Balaban J connectivity index is 1.92. The van der Waals surface area contributed by atoms with Gasteiger partial charge >= 0.3 is 5.97 Å². The van der Waals surface area contributed by atoms with Crippen LogP contribution < -0.4 is 0 Å². The first kappa shape index (κ1) is 17.8. The van der Waals surface area contributed by atoms with E-state index in [0.717, 1.165) is 4.90 Å². The third-order valence-corrected chi connectivity index (χ3v) is 4.82. The molecule has 7 nitrogen and oxygen atoms in total. The van der Waals surface area contributed by atoms with Crippen LogP contribution in [0.15, 0.2) is 36.9 Å². The van der Waals surface area contributed by atoms with Gasteiger partial charge < -0.3 is 9.64 Å². The molecule has 1 aromatic rings. The number of carbonyl (C=O) groups is 4. The molecule has 1 saturated heterocycles. The number of esters is 1. The Bertz CT molecular complexity index is 753. The van der Waals surface area contributed by atoms with Crippen molar-refractivity contribution in [2.24, 2.45) is 0 Å². The maximum Gasteiger partial charge on any atom is 0.328 e. The highest BCUT2D eigenvalue weighted by molar-refractivity contribution is 6.22. The number of methoxy groups -OCH3 is 1. The molecule has 3 rings (SSSR count). The molecule has 26 heavy (non-hydrogen) atoms. The second-order valence-corrected chi connectivity index (χ2v) is 6.28. The van der Waals surface area contributed by atoms with Gasteiger partial charge in [0.15, 0.2) is 0 Å². The van der Waals surface area contributed by atoms with E-state index in [0.29, 0.717) is 19.4 Å². The molecule has 136 valence electrons. The van der Waals surface area contributed by atoms with Crippen LogP contribution in [0, 0.1) is 0 Å². The molecule has 2 aliphatic rings. The molecule has 3 amide bonds. The quantitative estimate of drug-likeness (QED) is 0.452. The number of amides is 3. The molecule has 1 aromatic carbocycles. The maximum absolute atomic E-state index is 13.1. The van der Waals surface area contributed by atoms with Crippen LogP contribution in [0.4, 0.5) is 0 Å². The molecule has 0 unspecified atom stereocenters. The van der Waals surface area contributed by atoms with Gasteiger partial charge in [-0.15, -0.1) is 6.58 Å². The fourth-order valence-electron chi connectivity index (χ4n) is 3.57. The Hall–Kier alpha value is -2.96. The summed E-state index contributed by atoms with van der Waals surface area (Å²) < 4.78 is 4.77. The second kappa shape index (κ2) is 7.11. The van der Waals surface area contributed by atoms with Crippen molar-refractivity contribution >= 4 is 23.7 Å². The summed E-state index contributed by atoms with van der Waals surface area (Å²) in [6.45, 7) is 4.02. The van der Waals surface area contributed by atoms with E-state index in [1.807, 2.05) is 0 Å². The maximum atomic E-state index is 13.1. The van der Waals surface area contributed by atoms with Crippen LogP contribution in [0.5, 0.6) is 0 Å². The molecule has 2 aliphatic heterocycles. The third-order valence-electron chi connectivity index (χ3n) is 4.82. The average Bonchev–Trinajstić information content (AvgIpc) is 3.24. The molecular formula is C19H20N2O5. The van der Waals surface area contributed by atoms with E-state index in [9.17, 15) is 19.2 Å². The van der Waals surface area contributed by atoms with Gasteiger partial charge in [0.1, 0.15) is 12.1 Å². The third kappa shape index (κ3) is 2.79. The standard InChI is InChI=1S/C19H20N2O5/c1-3-7-14(18(24)20-11-6-10-15(20)19(25)26-2)21-16(22)12-8-4-5-9-13(12)17(21)23/h3-5,8-9,14-15H,1,6-7,10-11H2,2H3/t14-,15-/m0/s1. The van der Waals surface area contributed by atoms with Crippen LogP contribution in [0.25, 0.3) is 0 Å². The number of benzene rings is 1. The number of nitrogens with zero attached hydrogens (tertiary/aromatic N) is 2. The smallest absolute Gasteiger partial charge is 0.328 e. The molecule has 0 aromatic heterocycles. The molecule has 7 heteroatoms. The van der Waals surface area contributed by atoms with Gasteiger partial charge in [-0.2, -0.15) is 0 Å². The Morgan fingerprint density at radius 3 is 2.42 bits per heavy atom. The number of hydrogen-bond acceptors (Lipinski definition) is 5. The molecule has 0 N–H and O–H groups in total. The van der Waals surface area contributed by atoms with E-state index in [1.165, 1.54) is 18.1 Å². The number of imide groups is 1. The highest BCUT2D eigenvalue weighted by Crippen LogP contribution is 2.28. The number of ether oxygens (including phenoxy) is 1. The number of rotatable bonds is 5. The first-order chi connectivity index (χ1) is 12.5. The summed E-state index contributed by atoms with van der Waals surface area (Å²) in [6, 6.07) is 4.77. The van der Waals surface area contributed by atoms with Gasteiger partial charge in [0.25, 0.3) is 11.8 Å². The van der Waals surface area contributed by atoms with Crippen molar-refractivity contribution in [3.8, 4) is 0 Å². The number of hydrogen-bond donors (Lipinski definition) is 0. The van der Waals surface area contributed by atoms with Crippen LogP contribution in [0.3, 0.4) is 0 Å². The van der Waals surface area contributed by atoms with Crippen molar-refractivity contribution in [1.82, 2.24) is 9.80 Å². The van der Waals surface area contributed by atoms with E-state index in [1.54, 1.807) is 24.3 Å². The lowest BCUT2D eigenvalue weighted by molar-refractivity contribution is -0.152. The summed E-state index contributed by atoms with van der Waals surface area (Å²) in [6.07, 6.45) is 2.78. The highest BCUT2D eigenvalue weighted by atomic mass is 16.5. The van der Waals surface area contributed by atoms with Gasteiger partial charge in [-0.3, -0.25) is 19.3 Å². The number of fused-ring (bicyclic) bond motifs is 1. The minimum atomic E-state index is -1.02. The van der Waals surface area contributed by atoms with Gasteiger partial charge in [0.2, 0.25) is 5.91 Å². The van der Waals surface area contributed by atoms with Crippen molar-refractivity contribution in [2.75, 3.05) is 13.7 Å². The Morgan fingerprint density at radius 1 is 1.27 bits per heavy atom. The van der Waals surface area contributed by atoms with Crippen LogP contribution in [-0.4, -0.2) is 59.2 Å². The largest absolute Gasteiger partial charge is 0.467 e. The molecule has 0 aliphatic carbocycles. The molecule has 0 radical (unpaired) electrons. The first-order valence-electron chi connectivity index (χ1n) is 8.47. The van der Waals surface area contributed by atoms with Crippen molar-refractivity contribution in [1.29, 1.82) is 0 Å². The summed E-state index contributed by atoms with van der Waals surface area (Å²) in [5.41, 5.74) is 0.565. The van der Waals surface area contributed by atoms with E-state index in [4.69, 9.17) is 4.74 Å². The lowest BCUT2D eigenvalue weighted by Crippen LogP contribution is -2.53. The van der Waals surface area contributed by atoms with Gasteiger partial charge in [0.05, 0.1) is 18.2 Å². The van der Waals surface area contributed by atoms with Crippen molar-refractivity contribution in [3.05, 3.63) is 48.0 Å². The summed E-state index contributed by atoms with van der Waals surface area (Å²) >= 11 is 0. The van der Waals surface area contributed by atoms with Crippen molar-refractivity contribution < 1.29 is 23.9 Å². The van der Waals surface area contributed by atoms with Crippen LogP contribution in [0.2, 0.25) is 0 Å². The molecule has 1 fully saturated rings. The highest BCUT2D eigenvalue weighted by Gasteiger charge is 2.46. The topological polar surface area (TPSA) is 84.0 Å². The van der Waals surface area contributed by atoms with E-state index < -0.39 is 35.8 Å². The van der Waals surface area contributed by atoms with Crippen LogP contribution >= 0.6 is 0 Å². The lowest BCUT2D eigenvalue weighted by Gasteiger charge is -2.31. The van der Waals surface area contributed by atoms with Gasteiger partial charge in [-0.1, -0.05) is 18.2 Å². The molecule has 0 saturated carbocycles. The van der Waals surface area contributed by atoms with Gasteiger partial charge in [-0.25, -0.2) is 4.79 Å². The fourth-order valence-corrected chi connectivity index (χ4v) is 3.57. The second-order valence-electron chi connectivity index (χ2n) is 6.28. The van der Waals surface area contributed by atoms with Crippen molar-refractivity contribution in [2.45, 2.75) is 31.3 Å². The lowest BCUT2D eigenvalue weighted by atomic mass is 10.1. The summed E-state index contributed by atoms with van der Waals surface area (Å²) in [7, 11) is 1.27. The Kier molecular flexibility index (Phi) is 4.88. The predicted molar refractivity (Wildman–Crippen MR) is 92.3 cm³/mol. The average molecular weight is 356 g/mol. The number of carbonyl (C=O) groups excluding carboxylic acids is 4.